The number of rotatable bonds is 8. The lowest BCUT2D eigenvalue weighted by Gasteiger charge is -2.22. The molecule has 0 aromatic rings. The van der Waals surface area contributed by atoms with E-state index in [0.29, 0.717) is 0 Å². The monoisotopic (exact) mass is 239 g/mol. The molecule has 1 saturated carbocycles. The van der Waals surface area contributed by atoms with E-state index in [9.17, 15) is 0 Å². The Labute approximate surface area is 109 Å². The molecule has 0 heterocycles. The maximum atomic E-state index is 3.59. The van der Waals surface area contributed by atoms with E-state index in [-0.39, 0.29) is 0 Å². The lowest BCUT2D eigenvalue weighted by Crippen LogP contribution is -2.28. The smallest absolute Gasteiger partial charge is 0.00205 e. The van der Waals surface area contributed by atoms with E-state index in [1.165, 1.54) is 51.6 Å². The zero-order chi connectivity index (χ0) is 12.7. The minimum Gasteiger partial charge on any atom is -0.316 e. The molecule has 1 fully saturated rings. The maximum Gasteiger partial charge on any atom is -0.00205 e. The predicted molar refractivity (Wildman–Crippen MR) is 77.2 cm³/mol. The van der Waals surface area contributed by atoms with Crippen molar-refractivity contribution in [2.75, 3.05) is 13.1 Å². The van der Waals surface area contributed by atoms with Gasteiger partial charge in [-0.3, -0.25) is 0 Å². The highest BCUT2D eigenvalue weighted by Gasteiger charge is 2.18. The average Bonchev–Trinajstić information content (AvgIpc) is 2.78. The molecule has 2 unspecified atom stereocenters. The Bertz CT molecular complexity index is 182. The Balaban J connectivity index is 2.06. The van der Waals surface area contributed by atoms with Crippen molar-refractivity contribution in [1.82, 2.24) is 5.32 Å². The van der Waals surface area contributed by atoms with E-state index >= 15 is 0 Å². The van der Waals surface area contributed by atoms with Crippen LogP contribution < -0.4 is 5.32 Å². The standard InChI is InChI=1S/C16H33N/c1-13(2)11-17-12-15(4)14(3)9-10-16-7-5-6-8-16/h13-17H,5-12H2,1-4H3. The number of nitrogens with one attached hydrogen (secondary N) is 1. The predicted octanol–water partition coefficient (Wildman–Crippen LogP) is 4.47. The second-order valence-electron chi connectivity index (χ2n) is 6.73. The van der Waals surface area contributed by atoms with Crippen LogP contribution in [0, 0.1) is 23.7 Å². The van der Waals surface area contributed by atoms with E-state index in [2.05, 4.69) is 33.0 Å². The molecule has 0 aliphatic heterocycles. The summed E-state index contributed by atoms with van der Waals surface area (Å²) in [6.45, 7) is 11.8. The summed E-state index contributed by atoms with van der Waals surface area (Å²) < 4.78 is 0. The summed E-state index contributed by atoms with van der Waals surface area (Å²) in [5.41, 5.74) is 0. The first kappa shape index (κ1) is 15.0. The molecule has 1 aliphatic rings. The third kappa shape index (κ3) is 6.45. The third-order valence-corrected chi connectivity index (χ3v) is 4.50. The first-order valence-electron chi connectivity index (χ1n) is 7.80. The summed E-state index contributed by atoms with van der Waals surface area (Å²) in [6.07, 6.45) is 8.92. The SMILES string of the molecule is CC(C)CNCC(C)C(C)CCC1CCCC1. The molecule has 0 spiro atoms. The van der Waals surface area contributed by atoms with Crippen molar-refractivity contribution in [2.24, 2.45) is 23.7 Å². The minimum atomic E-state index is 0.774. The van der Waals surface area contributed by atoms with Crippen LogP contribution in [-0.2, 0) is 0 Å². The Morgan fingerprint density at radius 3 is 2.18 bits per heavy atom. The van der Waals surface area contributed by atoms with Gasteiger partial charge in [-0.25, -0.2) is 0 Å². The van der Waals surface area contributed by atoms with E-state index in [1.807, 2.05) is 0 Å². The van der Waals surface area contributed by atoms with E-state index in [1.54, 1.807) is 0 Å². The second kappa shape index (κ2) is 8.13. The van der Waals surface area contributed by atoms with Crippen LogP contribution in [0.3, 0.4) is 0 Å². The second-order valence-corrected chi connectivity index (χ2v) is 6.73. The highest BCUT2D eigenvalue weighted by molar-refractivity contribution is 4.71. The van der Waals surface area contributed by atoms with Crippen molar-refractivity contribution in [3.05, 3.63) is 0 Å². The molecule has 0 aromatic heterocycles. The molecule has 0 saturated heterocycles. The molecule has 0 bridgehead atoms. The van der Waals surface area contributed by atoms with Crippen LogP contribution in [0.1, 0.15) is 66.2 Å². The molecule has 102 valence electrons. The van der Waals surface area contributed by atoms with Crippen LogP contribution in [0.25, 0.3) is 0 Å². The van der Waals surface area contributed by atoms with Crippen molar-refractivity contribution in [2.45, 2.75) is 66.2 Å². The zero-order valence-electron chi connectivity index (χ0n) is 12.5. The summed E-state index contributed by atoms with van der Waals surface area (Å²) in [4.78, 5) is 0. The zero-order valence-corrected chi connectivity index (χ0v) is 12.5. The highest BCUT2D eigenvalue weighted by atomic mass is 14.9. The Morgan fingerprint density at radius 2 is 1.59 bits per heavy atom. The fourth-order valence-electron chi connectivity index (χ4n) is 2.88. The summed E-state index contributed by atoms with van der Waals surface area (Å²) in [7, 11) is 0. The summed E-state index contributed by atoms with van der Waals surface area (Å²) in [5, 5.41) is 3.59. The first-order chi connectivity index (χ1) is 8.09. The normalized spacial score (nSPS) is 21.0. The van der Waals surface area contributed by atoms with Crippen molar-refractivity contribution in [1.29, 1.82) is 0 Å². The molecule has 0 radical (unpaired) electrons. The lowest BCUT2D eigenvalue weighted by molar-refractivity contribution is 0.312. The Kier molecular flexibility index (Phi) is 7.18. The maximum absolute atomic E-state index is 3.59. The lowest BCUT2D eigenvalue weighted by atomic mass is 9.88. The molecular weight excluding hydrogens is 206 g/mol. The van der Waals surface area contributed by atoms with Gasteiger partial charge in [-0.1, -0.05) is 66.2 Å². The largest absolute Gasteiger partial charge is 0.316 e. The molecule has 1 aliphatic carbocycles. The van der Waals surface area contributed by atoms with Crippen LogP contribution in [0.5, 0.6) is 0 Å². The van der Waals surface area contributed by atoms with Crippen LogP contribution in [0.15, 0.2) is 0 Å². The van der Waals surface area contributed by atoms with Gasteiger partial charge >= 0.3 is 0 Å². The van der Waals surface area contributed by atoms with Gasteiger partial charge in [-0.15, -0.1) is 0 Å². The van der Waals surface area contributed by atoms with Gasteiger partial charge in [0.1, 0.15) is 0 Å². The molecule has 17 heavy (non-hydrogen) atoms. The summed E-state index contributed by atoms with van der Waals surface area (Å²) >= 11 is 0. The number of hydrogen-bond donors (Lipinski definition) is 1. The molecule has 1 N–H and O–H groups in total. The molecule has 1 rings (SSSR count). The number of hydrogen-bond acceptors (Lipinski definition) is 1. The molecule has 1 nitrogen and oxygen atoms in total. The van der Waals surface area contributed by atoms with Gasteiger partial charge in [-0.05, 0) is 36.8 Å². The van der Waals surface area contributed by atoms with Gasteiger partial charge < -0.3 is 5.32 Å². The van der Waals surface area contributed by atoms with Gasteiger partial charge in [0, 0.05) is 0 Å². The minimum absolute atomic E-state index is 0.774. The van der Waals surface area contributed by atoms with Gasteiger partial charge in [0.05, 0.1) is 0 Å². The fraction of sp³-hybridized carbons (Fsp3) is 1.00. The third-order valence-electron chi connectivity index (χ3n) is 4.50. The molecule has 2 atom stereocenters. The van der Waals surface area contributed by atoms with Crippen molar-refractivity contribution >= 4 is 0 Å². The van der Waals surface area contributed by atoms with Crippen molar-refractivity contribution in [3.8, 4) is 0 Å². The van der Waals surface area contributed by atoms with Crippen molar-refractivity contribution in [3.63, 3.8) is 0 Å². The topological polar surface area (TPSA) is 12.0 Å². The molecule has 1 heteroatoms. The molecule has 0 aromatic carbocycles. The van der Waals surface area contributed by atoms with Crippen molar-refractivity contribution < 1.29 is 0 Å². The van der Waals surface area contributed by atoms with Gasteiger partial charge in [-0.2, -0.15) is 0 Å². The van der Waals surface area contributed by atoms with Gasteiger partial charge in [0.2, 0.25) is 0 Å². The summed E-state index contributed by atoms with van der Waals surface area (Å²) in [6, 6.07) is 0. The van der Waals surface area contributed by atoms with E-state index < -0.39 is 0 Å². The van der Waals surface area contributed by atoms with Crippen LogP contribution in [-0.4, -0.2) is 13.1 Å². The van der Waals surface area contributed by atoms with Gasteiger partial charge in [0.25, 0.3) is 0 Å². The molecule has 0 amide bonds. The van der Waals surface area contributed by atoms with Crippen LogP contribution >= 0.6 is 0 Å². The first-order valence-corrected chi connectivity index (χ1v) is 7.80. The molecular formula is C16H33N. The van der Waals surface area contributed by atoms with E-state index in [0.717, 1.165) is 23.7 Å². The quantitative estimate of drug-likeness (QED) is 0.659. The van der Waals surface area contributed by atoms with E-state index in [4.69, 9.17) is 0 Å². The summed E-state index contributed by atoms with van der Waals surface area (Å²) in [5.74, 6) is 3.55. The Morgan fingerprint density at radius 1 is 0.941 bits per heavy atom. The Hall–Kier alpha value is -0.0400. The van der Waals surface area contributed by atoms with Crippen LogP contribution in [0.4, 0.5) is 0 Å². The van der Waals surface area contributed by atoms with Crippen LogP contribution in [0.2, 0.25) is 0 Å². The highest BCUT2D eigenvalue weighted by Crippen LogP contribution is 2.30. The average molecular weight is 239 g/mol. The fourth-order valence-corrected chi connectivity index (χ4v) is 2.88. The van der Waals surface area contributed by atoms with Gasteiger partial charge in [0.15, 0.2) is 0 Å².